The van der Waals surface area contributed by atoms with Crippen molar-refractivity contribution in [1.29, 1.82) is 0 Å². The highest BCUT2D eigenvalue weighted by Gasteiger charge is 2.16. The molecule has 2 aromatic rings. The number of carbonyl (C=O) groups excluding carboxylic acids is 1. The quantitative estimate of drug-likeness (QED) is 0.762. The largest absolute Gasteiger partial charge is 0.434 e. The van der Waals surface area contributed by atoms with Crippen molar-refractivity contribution in [3.05, 3.63) is 36.0 Å². The number of halogens is 2. The van der Waals surface area contributed by atoms with Gasteiger partial charge < -0.3 is 4.74 Å². The number of alkyl halides is 2. The number of benzene rings is 1. The molecule has 6 heteroatoms. The number of para-hydroxylation sites is 1. The molecule has 1 aromatic carbocycles. The lowest BCUT2D eigenvalue weighted by atomic mass is 10.1. The van der Waals surface area contributed by atoms with Crippen LogP contribution in [-0.4, -0.2) is 22.7 Å². The Morgan fingerprint density at radius 1 is 1.40 bits per heavy atom. The van der Waals surface area contributed by atoms with Crippen LogP contribution in [0, 0.1) is 0 Å². The molecule has 0 unspecified atom stereocenters. The van der Waals surface area contributed by atoms with Crippen LogP contribution in [0.1, 0.15) is 23.7 Å². The first-order chi connectivity index (χ1) is 9.65. The zero-order valence-corrected chi connectivity index (χ0v) is 10.9. The summed E-state index contributed by atoms with van der Waals surface area (Å²) in [5.74, 6) is 0.00680. The first-order valence-corrected chi connectivity index (χ1v) is 6.22. The summed E-state index contributed by atoms with van der Waals surface area (Å²) in [6.07, 6.45) is 3.12. The molecule has 0 aliphatic rings. The summed E-state index contributed by atoms with van der Waals surface area (Å²) in [5.41, 5.74) is 1.08. The van der Waals surface area contributed by atoms with Crippen LogP contribution in [0.5, 0.6) is 5.75 Å². The Balaban J connectivity index is 2.47. The highest BCUT2D eigenvalue weighted by Crippen LogP contribution is 2.31. The Bertz CT molecular complexity index is 597. The van der Waals surface area contributed by atoms with Gasteiger partial charge in [-0.1, -0.05) is 19.1 Å². The van der Waals surface area contributed by atoms with E-state index < -0.39 is 6.61 Å². The molecule has 4 nitrogen and oxygen atoms in total. The van der Waals surface area contributed by atoms with Gasteiger partial charge in [0.1, 0.15) is 11.4 Å². The molecule has 0 bridgehead atoms. The summed E-state index contributed by atoms with van der Waals surface area (Å²) in [5, 5.41) is 4.27. The van der Waals surface area contributed by atoms with E-state index in [1.165, 1.54) is 6.07 Å². The number of aryl methyl sites for hydroxylation is 1. The maximum Gasteiger partial charge on any atom is 0.387 e. The van der Waals surface area contributed by atoms with Crippen LogP contribution >= 0.6 is 0 Å². The van der Waals surface area contributed by atoms with Crippen molar-refractivity contribution in [2.75, 3.05) is 0 Å². The minimum absolute atomic E-state index is 0.00680. The van der Waals surface area contributed by atoms with Gasteiger partial charge in [0.25, 0.3) is 0 Å². The average Bonchev–Trinajstić information content (AvgIpc) is 2.82. The lowest BCUT2D eigenvalue weighted by Gasteiger charge is -2.09. The third-order valence-electron chi connectivity index (χ3n) is 2.73. The van der Waals surface area contributed by atoms with Crippen molar-refractivity contribution < 1.29 is 18.3 Å². The molecular weight excluding hydrogens is 266 g/mol. The molecule has 2 rings (SSSR count). The van der Waals surface area contributed by atoms with Crippen molar-refractivity contribution in [1.82, 2.24) is 9.78 Å². The van der Waals surface area contributed by atoms with Gasteiger partial charge in [-0.25, -0.2) is 0 Å². The zero-order valence-electron chi connectivity index (χ0n) is 10.9. The number of hydrogen-bond acceptors (Lipinski definition) is 3. The summed E-state index contributed by atoms with van der Waals surface area (Å²) in [6, 6.07) is 6.30. The highest BCUT2D eigenvalue weighted by atomic mass is 19.3. The van der Waals surface area contributed by atoms with Crippen molar-refractivity contribution >= 4 is 6.29 Å². The predicted octanol–water partition coefficient (Wildman–Crippen LogP) is 3.37. The van der Waals surface area contributed by atoms with E-state index >= 15 is 0 Å². The van der Waals surface area contributed by atoms with Gasteiger partial charge in [0.05, 0.1) is 5.56 Å². The average molecular weight is 280 g/mol. The van der Waals surface area contributed by atoms with Crippen LogP contribution in [0.25, 0.3) is 11.3 Å². The molecule has 20 heavy (non-hydrogen) atoms. The molecule has 0 spiro atoms. The Kier molecular flexibility index (Phi) is 4.45. The molecule has 0 aliphatic heterocycles. The third kappa shape index (κ3) is 3.01. The first kappa shape index (κ1) is 14.2. The molecule has 1 aromatic heterocycles. The molecule has 0 radical (unpaired) electrons. The van der Waals surface area contributed by atoms with Gasteiger partial charge >= 0.3 is 6.61 Å². The maximum atomic E-state index is 12.4. The number of rotatable bonds is 6. The lowest BCUT2D eigenvalue weighted by molar-refractivity contribution is -0.0494. The summed E-state index contributed by atoms with van der Waals surface area (Å²) in [6.45, 7) is -0.289. The summed E-state index contributed by atoms with van der Waals surface area (Å²) in [7, 11) is 0. The van der Waals surface area contributed by atoms with Crippen molar-refractivity contribution in [2.24, 2.45) is 0 Å². The summed E-state index contributed by atoms with van der Waals surface area (Å²) >= 11 is 0. The Labute approximate surface area is 115 Å². The molecule has 0 saturated heterocycles. The fourth-order valence-corrected chi connectivity index (χ4v) is 1.94. The Morgan fingerprint density at radius 3 is 2.80 bits per heavy atom. The molecule has 0 amide bonds. The van der Waals surface area contributed by atoms with Crippen LogP contribution in [-0.2, 0) is 6.54 Å². The fraction of sp³-hybridized carbons (Fsp3) is 0.286. The monoisotopic (exact) mass is 280 g/mol. The van der Waals surface area contributed by atoms with Crippen LogP contribution in [0.2, 0.25) is 0 Å². The number of ether oxygens (including phenoxy) is 1. The highest BCUT2D eigenvalue weighted by molar-refractivity contribution is 5.87. The molecule has 0 atom stereocenters. The van der Waals surface area contributed by atoms with Crippen molar-refractivity contribution in [3.8, 4) is 17.0 Å². The standard InChI is InChI=1S/C14H14F2N2O2/c1-2-7-18-8-10(9-19)13(17-18)11-5-3-4-6-12(11)20-14(15)16/h3-6,8-9,14H,2,7H2,1H3. The van der Waals surface area contributed by atoms with Crippen molar-refractivity contribution in [3.63, 3.8) is 0 Å². The van der Waals surface area contributed by atoms with E-state index in [9.17, 15) is 13.6 Å². The Morgan fingerprint density at radius 2 is 2.15 bits per heavy atom. The minimum Gasteiger partial charge on any atom is -0.434 e. The maximum absolute atomic E-state index is 12.4. The van der Waals surface area contributed by atoms with E-state index in [0.717, 1.165) is 6.42 Å². The third-order valence-corrected chi connectivity index (χ3v) is 2.73. The van der Waals surface area contributed by atoms with Crippen molar-refractivity contribution in [2.45, 2.75) is 26.5 Å². The molecule has 0 N–H and O–H groups in total. The van der Waals surface area contributed by atoms with E-state index in [4.69, 9.17) is 0 Å². The molecule has 0 fully saturated rings. The zero-order chi connectivity index (χ0) is 14.5. The van der Waals surface area contributed by atoms with Crippen LogP contribution in [0.3, 0.4) is 0 Å². The summed E-state index contributed by atoms with van der Waals surface area (Å²) < 4.78 is 30.9. The smallest absolute Gasteiger partial charge is 0.387 e. The topological polar surface area (TPSA) is 44.1 Å². The second kappa shape index (κ2) is 6.27. The van der Waals surface area contributed by atoms with Gasteiger partial charge in [0.15, 0.2) is 6.29 Å². The van der Waals surface area contributed by atoms with Gasteiger partial charge in [-0.15, -0.1) is 0 Å². The van der Waals surface area contributed by atoms with Crippen LogP contribution < -0.4 is 4.74 Å². The normalized spacial score (nSPS) is 10.8. The number of nitrogens with zero attached hydrogens (tertiary/aromatic N) is 2. The van der Waals surface area contributed by atoms with Gasteiger partial charge in [0, 0.05) is 18.3 Å². The SMILES string of the molecule is CCCn1cc(C=O)c(-c2ccccc2OC(F)F)n1. The number of aldehydes is 1. The molecule has 1 heterocycles. The second-order valence-corrected chi connectivity index (χ2v) is 4.19. The predicted molar refractivity (Wildman–Crippen MR) is 70.0 cm³/mol. The number of aromatic nitrogens is 2. The first-order valence-electron chi connectivity index (χ1n) is 6.22. The van der Waals surface area contributed by atoms with Gasteiger partial charge in [-0.3, -0.25) is 9.48 Å². The van der Waals surface area contributed by atoms with E-state index in [0.29, 0.717) is 29.7 Å². The molecule has 0 aliphatic carbocycles. The summed E-state index contributed by atoms with van der Waals surface area (Å²) in [4.78, 5) is 11.1. The molecule has 106 valence electrons. The number of hydrogen-bond donors (Lipinski definition) is 0. The van der Waals surface area contributed by atoms with Crippen LogP contribution in [0.15, 0.2) is 30.5 Å². The fourth-order valence-electron chi connectivity index (χ4n) is 1.94. The lowest BCUT2D eigenvalue weighted by Crippen LogP contribution is -2.03. The minimum atomic E-state index is -2.92. The second-order valence-electron chi connectivity index (χ2n) is 4.19. The molecule has 0 saturated carbocycles. The van der Waals surface area contributed by atoms with Crippen LogP contribution in [0.4, 0.5) is 8.78 Å². The molecular formula is C14H14F2N2O2. The van der Waals surface area contributed by atoms with E-state index in [2.05, 4.69) is 9.84 Å². The number of carbonyl (C=O) groups is 1. The Hall–Kier alpha value is -2.24. The van der Waals surface area contributed by atoms with Gasteiger partial charge in [-0.2, -0.15) is 13.9 Å². The van der Waals surface area contributed by atoms with E-state index in [1.807, 2.05) is 6.92 Å². The van der Waals surface area contributed by atoms with Gasteiger partial charge in [-0.05, 0) is 18.6 Å². The van der Waals surface area contributed by atoms with E-state index in [-0.39, 0.29) is 5.75 Å². The van der Waals surface area contributed by atoms with Gasteiger partial charge in [0.2, 0.25) is 0 Å². The van der Waals surface area contributed by atoms with E-state index in [1.54, 1.807) is 29.1 Å².